The van der Waals surface area contributed by atoms with Crippen LogP contribution in [-0.2, 0) is 17.9 Å². The molecule has 0 unspecified atom stereocenters. The summed E-state index contributed by atoms with van der Waals surface area (Å²) in [4.78, 5) is 37.6. The smallest absolute Gasteiger partial charge is 0.293 e. The van der Waals surface area contributed by atoms with Crippen LogP contribution in [0.3, 0.4) is 0 Å². The number of thioether (sulfide) groups is 1. The summed E-state index contributed by atoms with van der Waals surface area (Å²) in [6, 6.07) is 25.2. The van der Waals surface area contributed by atoms with Crippen molar-refractivity contribution in [2.24, 2.45) is 0 Å². The number of carbonyl (C=O) groups excluding carboxylic acids is 2. The van der Waals surface area contributed by atoms with Gasteiger partial charge in [0, 0.05) is 17.7 Å². The largest absolute Gasteiger partial charge is 0.493 e. The number of benzene rings is 4. The van der Waals surface area contributed by atoms with E-state index in [0.717, 1.165) is 33.0 Å². The van der Waals surface area contributed by atoms with Gasteiger partial charge in [-0.15, -0.1) is 0 Å². The molecule has 5 rings (SSSR count). The lowest BCUT2D eigenvalue weighted by Crippen LogP contribution is -2.27. The van der Waals surface area contributed by atoms with E-state index in [4.69, 9.17) is 9.47 Å². The van der Waals surface area contributed by atoms with Crippen LogP contribution in [0.2, 0.25) is 0 Å². The predicted octanol–water partition coefficient (Wildman–Crippen LogP) is 6.57. The maximum atomic E-state index is 13.1. The summed E-state index contributed by atoms with van der Waals surface area (Å²) in [5, 5.41) is 12.7. The summed E-state index contributed by atoms with van der Waals surface area (Å²) in [7, 11) is 1.54. The second kappa shape index (κ2) is 10.8. The molecule has 1 aliphatic rings. The van der Waals surface area contributed by atoms with Gasteiger partial charge < -0.3 is 9.47 Å². The molecule has 4 aromatic rings. The summed E-state index contributed by atoms with van der Waals surface area (Å²) in [5.41, 5.74) is 2.16. The minimum absolute atomic E-state index is 0.0164. The third kappa shape index (κ3) is 5.09. The Bertz CT molecular complexity index is 1580. The van der Waals surface area contributed by atoms with Crippen molar-refractivity contribution in [3.05, 3.63) is 117 Å². The quantitative estimate of drug-likeness (QED) is 0.145. The normalized spacial score (nSPS) is 14.3. The third-order valence-electron chi connectivity index (χ3n) is 6.13. The first-order valence-corrected chi connectivity index (χ1v) is 12.5. The molecule has 1 fully saturated rings. The van der Waals surface area contributed by atoms with Gasteiger partial charge in [-0.2, -0.15) is 0 Å². The van der Waals surface area contributed by atoms with E-state index in [1.165, 1.54) is 24.3 Å². The van der Waals surface area contributed by atoms with Crippen molar-refractivity contribution in [2.45, 2.75) is 13.2 Å². The van der Waals surface area contributed by atoms with Gasteiger partial charge in [0.2, 0.25) is 0 Å². The molecular weight excluding hydrogens is 504 g/mol. The first-order valence-electron chi connectivity index (χ1n) is 11.7. The van der Waals surface area contributed by atoms with Crippen LogP contribution in [0.15, 0.2) is 89.8 Å². The summed E-state index contributed by atoms with van der Waals surface area (Å²) in [6.07, 6.45) is 1.63. The maximum Gasteiger partial charge on any atom is 0.293 e. The number of hydrogen-bond donors (Lipinski definition) is 0. The molecule has 0 atom stereocenters. The second-order valence-corrected chi connectivity index (χ2v) is 9.49. The number of nitrogens with zero attached hydrogens (tertiary/aromatic N) is 2. The van der Waals surface area contributed by atoms with Gasteiger partial charge in [-0.25, -0.2) is 0 Å². The molecule has 0 aliphatic carbocycles. The van der Waals surface area contributed by atoms with Crippen molar-refractivity contribution in [3.63, 3.8) is 0 Å². The molecule has 0 bridgehead atoms. The van der Waals surface area contributed by atoms with Crippen LogP contribution < -0.4 is 9.47 Å². The average molecular weight is 527 g/mol. The minimum Gasteiger partial charge on any atom is -0.493 e. The molecule has 38 heavy (non-hydrogen) atoms. The topological polar surface area (TPSA) is 99.0 Å². The van der Waals surface area contributed by atoms with Crippen LogP contribution in [-0.4, -0.2) is 28.1 Å². The van der Waals surface area contributed by atoms with Crippen molar-refractivity contribution >= 4 is 45.4 Å². The first-order chi connectivity index (χ1) is 18.4. The number of carbonyl (C=O) groups is 2. The number of nitro benzene ring substituents is 1. The number of ether oxygens (including phenoxy) is 2. The van der Waals surface area contributed by atoms with E-state index in [1.807, 2.05) is 42.5 Å². The number of methoxy groups -OCH3 is 1. The molecule has 0 aromatic heterocycles. The van der Waals surface area contributed by atoms with Crippen LogP contribution >= 0.6 is 11.8 Å². The van der Waals surface area contributed by atoms with E-state index in [9.17, 15) is 19.7 Å². The number of imide groups is 1. The SMILES string of the molecule is COc1cccc(/C=C2\SC(=O)N(Cc3ccc([N+](=O)[O-])cc3)C2=O)c1OCc1cccc2ccccc12. The molecule has 0 radical (unpaired) electrons. The molecule has 0 spiro atoms. The number of nitro groups is 1. The zero-order chi connectivity index (χ0) is 26.6. The Morgan fingerprint density at radius 3 is 2.45 bits per heavy atom. The molecule has 0 saturated carbocycles. The van der Waals surface area contributed by atoms with Crippen LogP contribution in [0.5, 0.6) is 11.5 Å². The van der Waals surface area contributed by atoms with Gasteiger partial charge in [0.25, 0.3) is 16.8 Å². The average Bonchev–Trinajstić information content (AvgIpc) is 3.19. The Labute approximate surface area is 222 Å². The molecule has 4 aromatic carbocycles. The van der Waals surface area contributed by atoms with E-state index >= 15 is 0 Å². The first kappa shape index (κ1) is 25.0. The number of para-hydroxylation sites is 1. The van der Waals surface area contributed by atoms with E-state index in [1.54, 1.807) is 31.4 Å². The highest BCUT2D eigenvalue weighted by Crippen LogP contribution is 2.38. The van der Waals surface area contributed by atoms with Gasteiger partial charge in [0.15, 0.2) is 11.5 Å². The number of fused-ring (bicyclic) bond motifs is 1. The van der Waals surface area contributed by atoms with Crippen molar-refractivity contribution in [3.8, 4) is 11.5 Å². The van der Waals surface area contributed by atoms with Gasteiger partial charge in [-0.1, -0.05) is 66.7 Å². The molecule has 9 heteroatoms. The lowest BCUT2D eigenvalue weighted by Gasteiger charge is -2.15. The van der Waals surface area contributed by atoms with Crippen molar-refractivity contribution in [1.82, 2.24) is 4.90 Å². The fourth-order valence-electron chi connectivity index (χ4n) is 4.21. The van der Waals surface area contributed by atoms with Gasteiger partial charge in [-0.3, -0.25) is 24.6 Å². The van der Waals surface area contributed by atoms with Crippen molar-refractivity contribution in [2.75, 3.05) is 7.11 Å². The summed E-state index contributed by atoms with van der Waals surface area (Å²) in [5.74, 6) is 0.523. The van der Waals surface area contributed by atoms with Crippen molar-refractivity contribution < 1.29 is 24.0 Å². The Kier molecular flexibility index (Phi) is 7.10. The van der Waals surface area contributed by atoms with E-state index in [-0.39, 0.29) is 23.7 Å². The van der Waals surface area contributed by atoms with Crippen molar-refractivity contribution in [1.29, 1.82) is 0 Å². The Morgan fingerprint density at radius 1 is 0.947 bits per heavy atom. The number of amides is 2. The molecule has 1 aliphatic heterocycles. The molecule has 2 amide bonds. The Morgan fingerprint density at radius 2 is 1.68 bits per heavy atom. The van der Waals surface area contributed by atoms with Gasteiger partial charge in [0.1, 0.15) is 6.61 Å². The van der Waals surface area contributed by atoms with Gasteiger partial charge >= 0.3 is 0 Å². The van der Waals surface area contributed by atoms with Gasteiger partial charge in [0.05, 0.1) is 23.5 Å². The second-order valence-electron chi connectivity index (χ2n) is 8.50. The van der Waals surface area contributed by atoms with E-state index in [2.05, 4.69) is 0 Å². The molecule has 1 saturated heterocycles. The highest BCUT2D eigenvalue weighted by atomic mass is 32.2. The van der Waals surface area contributed by atoms with E-state index < -0.39 is 16.1 Å². The third-order valence-corrected chi connectivity index (χ3v) is 7.04. The summed E-state index contributed by atoms with van der Waals surface area (Å²) >= 11 is 0.836. The molecule has 190 valence electrons. The maximum absolute atomic E-state index is 13.1. The summed E-state index contributed by atoms with van der Waals surface area (Å²) < 4.78 is 11.8. The number of hydrogen-bond acceptors (Lipinski definition) is 7. The Balaban J connectivity index is 1.39. The monoisotopic (exact) mass is 526 g/mol. The lowest BCUT2D eigenvalue weighted by atomic mass is 10.1. The lowest BCUT2D eigenvalue weighted by molar-refractivity contribution is -0.384. The van der Waals surface area contributed by atoms with Crippen LogP contribution in [0.1, 0.15) is 16.7 Å². The van der Waals surface area contributed by atoms with Crippen LogP contribution in [0.4, 0.5) is 10.5 Å². The van der Waals surface area contributed by atoms with Crippen LogP contribution in [0, 0.1) is 10.1 Å². The predicted molar refractivity (Wildman–Crippen MR) is 146 cm³/mol. The molecular formula is C29H22N2O6S. The zero-order valence-electron chi connectivity index (χ0n) is 20.3. The van der Waals surface area contributed by atoms with E-state index in [0.29, 0.717) is 22.6 Å². The minimum atomic E-state index is -0.499. The highest BCUT2D eigenvalue weighted by molar-refractivity contribution is 8.18. The fraction of sp³-hybridized carbons (Fsp3) is 0.103. The molecule has 1 heterocycles. The zero-order valence-corrected chi connectivity index (χ0v) is 21.1. The molecule has 0 N–H and O–H groups in total. The fourth-order valence-corrected chi connectivity index (χ4v) is 5.04. The van der Waals surface area contributed by atoms with Gasteiger partial charge in [-0.05, 0) is 45.8 Å². The molecule has 8 nitrogen and oxygen atoms in total. The Hall–Kier alpha value is -4.63. The highest BCUT2D eigenvalue weighted by Gasteiger charge is 2.35. The summed E-state index contributed by atoms with van der Waals surface area (Å²) in [6.45, 7) is 0.298. The standard InChI is InChI=1S/C29H22N2O6S/c1-36-25-11-5-8-21(27(25)37-18-22-9-4-7-20-6-2-3-10-24(20)22)16-26-28(32)30(29(33)38-26)17-19-12-14-23(15-13-19)31(34)35/h2-16H,17-18H2,1H3/b26-16-. The number of rotatable bonds is 8. The number of non-ortho nitro benzene ring substituents is 1. The van der Waals surface area contributed by atoms with Crippen LogP contribution in [0.25, 0.3) is 16.8 Å².